The third-order valence-electron chi connectivity index (χ3n) is 2.41. The lowest BCUT2D eigenvalue weighted by Gasteiger charge is -2.08. The van der Waals surface area contributed by atoms with Crippen molar-refractivity contribution in [3.63, 3.8) is 0 Å². The van der Waals surface area contributed by atoms with E-state index in [9.17, 15) is 10.1 Å². The molecule has 0 aliphatic carbocycles. The van der Waals surface area contributed by atoms with Crippen LogP contribution in [0.2, 0.25) is 0 Å². The number of thioether (sulfide) groups is 1. The van der Waals surface area contributed by atoms with Crippen molar-refractivity contribution in [2.75, 3.05) is 6.26 Å². The molecule has 0 aliphatic rings. The molecule has 6 heteroatoms. The van der Waals surface area contributed by atoms with Crippen molar-refractivity contribution < 1.29 is 9.66 Å². The second kappa shape index (κ2) is 6.08. The Hall–Kier alpha value is -1.53. The molecule has 0 N–H and O–H groups in total. The Morgan fingerprint density at radius 1 is 1.21 bits per heavy atom. The molecule has 0 fully saturated rings. The number of nitrogens with zero attached hydrogens (tertiary/aromatic N) is 1. The van der Waals surface area contributed by atoms with Gasteiger partial charge in [-0.1, -0.05) is 0 Å². The third kappa shape index (κ3) is 3.48. The van der Waals surface area contributed by atoms with Gasteiger partial charge in [0.25, 0.3) is 5.69 Å². The summed E-state index contributed by atoms with van der Waals surface area (Å²) in [6.45, 7) is 0. The summed E-state index contributed by atoms with van der Waals surface area (Å²) in [7, 11) is 0. The van der Waals surface area contributed by atoms with E-state index in [0.717, 1.165) is 4.90 Å². The van der Waals surface area contributed by atoms with Crippen LogP contribution < -0.4 is 4.74 Å². The highest BCUT2D eigenvalue weighted by atomic mass is 79.9. The van der Waals surface area contributed by atoms with Crippen molar-refractivity contribution in [2.45, 2.75) is 4.90 Å². The highest BCUT2D eigenvalue weighted by Gasteiger charge is 2.10. The standard InChI is InChI=1S/C13H10BrNO3S/c1-19-11-5-3-10(4-6-11)18-13-7-2-9(15(16)17)8-12(13)14/h2-8H,1H3. The second-order valence-corrected chi connectivity index (χ2v) is 5.38. The minimum Gasteiger partial charge on any atom is -0.456 e. The second-order valence-electron chi connectivity index (χ2n) is 3.65. The summed E-state index contributed by atoms with van der Waals surface area (Å²) in [6.07, 6.45) is 2.00. The SMILES string of the molecule is CSc1ccc(Oc2ccc([N+](=O)[O-])cc2Br)cc1. The summed E-state index contributed by atoms with van der Waals surface area (Å²) in [5.41, 5.74) is 0.0250. The van der Waals surface area contributed by atoms with E-state index in [4.69, 9.17) is 4.74 Å². The molecule has 0 atom stereocenters. The molecule has 0 bridgehead atoms. The van der Waals surface area contributed by atoms with Gasteiger partial charge in [-0.15, -0.1) is 11.8 Å². The van der Waals surface area contributed by atoms with E-state index in [1.54, 1.807) is 17.8 Å². The lowest BCUT2D eigenvalue weighted by molar-refractivity contribution is -0.384. The highest BCUT2D eigenvalue weighted by Crippen LogP contribution is 2.33. The minimum absolute atomic E-state index is 0.0250. The summed E-state index contributed by atoms with van der Waals surface area (Å²) >= 11 is 4.92. The largest absolute Gasteiger partial charge is 0.456 e. The highest BCUT2D eigenvalue weighted by molar-refractivity contribution is 9.10. The average molecular weight is 340 g/mol. The van der Waals surface area contributed by atoms with Crippen molar-refractivity contribution in [3.8, 4) is 11.5 Å². The molecule has 0 spiro atoms. The summed E-state index contributed by atoms with van der Waals surface area (Å²) in [6, 6.07) is 12.0. The van der Waals surface area contributed by atoms with E-state index >= 15 is 0 Å². The van der Waals surface area contributed by atoms with E-state index in [-0.39, 0.29) is 5.69 Å². The summed E-state index contributed by atoms with van der Waals surface area (Å²) in [5, 5.41) is 10.6. The maximum Gasteiger partial charge on any atom is 0.270 e. The molecule has 0 aromatic heterocycles. The van der Waals surface area contributed by atoms with Gasteiger partial charge in [-0.3, -0.25) is 10.1 Å². The Morgan fingerprint density at radius 2 is 1.89 bits per heavy atom. The van der Waals surface area contributed by atoms with Crippen LogP contribution in [0, 0.1) is 10.1 Å². The first-order chi connectivity index (χ1) is 9.10. The van der Waals surface area contributed by atoms with Gasteiger partial charge in [0, 0.05) is 17.0 Å². The lowest BCUT2D eigenvalue weighted by Crippen LogP contribution is -1.90. The predicted octanol–water partition coefficient (Wildman–Crippen LogP) is 4.87. The van der Waals surface area contributed by atoms with Crippen LogP contribution in [0.15, 0.2) is 51.8 Å². The third-order valence-corrected chi connectivity index (χ3v) is 3.78. The van der Waals surface area contributed by atoms with Gasteiger partial charge < -0.3 is 4.74 Å². The zero-order valence-corrected chi connectivity index (χ0v) is 12.4. The van der Waals surface area contributed by atoms with Gasteiger partial charge in [-0.05, 0) is 52.5 Å². The molecule has 2 aromatic carbocycles. The van der Waals surface area contributed by atoms with Crippen molar-refractivity contribution in [3.05, 3.63) is 57.1 Å². The predicted molar refractivity (Wildman–Crippen MR) is 79.1 cm³/mol. The molecule has 2 aromatic rings. The molecule has 0 saturated heterocycles. The molecule has 0 heterocycles. The first-order valence-corrected chi connectivity index (χ1v) is 7.38. The van der Waals surface area contributed by atoms with Gasteiger partial charge in [0.15, 0.2) is 0 Å². The summed E-state index contributed by atoms with van der Waals surface area (Å²) in [5.74, 6) is 1.23. The molecule has 19 heavy (non-hydrogen) atoms. The first-order valence-electron chi connectivity index (χ1n) is 5.36. The molecule has 0 unspecified atom stereocenters. The zero-order valence-electron chi connectivity index (χ0n) is 10.00. The molecule has 2 rings (SSSR count). The Bertz CT molecular complexity index is 601. The smallest absolute Gasteiger partial charge is 0.270 e. The average Bonchev–Trinajstić information content (AvgIpc) is 2.41. The molecular formula is C13H10BrNO3S. The van der Waals surface area contributed by atoms with E-state index in [1.165, 1.54) is 12.1 Å². The van der Waals surface area contributed by atoms with Gasteiger partial charge in [0.05, 0.1) is 9.40 Å². The topological polar surface area (TPSA) is 52.4 Å². The number of ether oxygens (including phenoxy) is 1. The number of hydrogen-bond acceptors (Lipinski definition) is 4. The fraction of sp³-hybridized carbons (Fsp3) is 0.0769. The van der Waals surface area contributed by atoms with E-state index in [0.29, 0.717) is 16.0 Å². The van der Waals surface area contributed by atoms with Crippen LogP contribution in [0.1, 0.15) is 0 Å². The molecule has 0 amide bonds. The molecule has 98 valence electrons. The van der Waals surface area contributed by atoms with E-state index in [2.05, 4.69) is 15.9 Å². The number of nitro groups is 1. The van der Waals surface area contributed by atoms with Gasteiger partial charge in [0.1, 0.15) is 11.5 Å². The van der Waals surface area contributed by atoms with Crippen LogP contribution in [0.4, 0.5) is 5.69 Å². The molecular weight excluding hydrogens is 330 g/mol. The number of nitro benzene ring substituents is 1. The van der Waals surface area contributed by atoms with Crippen LogP contribution in [0.3, 0.4) is 0 Å². The minimum atomic E-state index is -0.443. The zero-order chi connectivity index (χ0) is 13.8. The number of non-ortho nitro benzene ring substituents is 1. The van der Waals surface area contributed by atoms with Crippen LogP contribution in [-0.2, 0) is 0 Å². The van der Waals surface area contributed by atoms with Gasteiger partial charge in [-0.2, -0.15) is 0 Å². The normalized spacial score (nSPS) is 10.2. The van der Waals surface area contributed by atoms with E-state index < -0.39 is 4.92 Å². The summed E-state index contributed by atoms with van der Waals surface area (Å²) < 4.78 is 6.22. The molecule has 0 saturated carbocycles. The Balaban J connectivity index is 2.20. The quantitative estimate of drug-likeness (QED) is 0.453. The fourth-order valence-electron chi connectivity index (χ4n) is 1.46. The van der Waals surface area contributed by atoms with Crippen LogP contribution in [0.25, 0.3) is 0 Å². The van der Waals surface area contributed by atoms with Crippen LogP contribution in [0.5, 0.6) is 11.5 Å². The van der Waals surface area contributed by atoms with Gasteiger partial charge in [0.2, 0.25) is 0 Å². The van der Waals surface area contributed by atoms with Gasteiger partial charge in [-0.25, -0.2) is 0 Å². The monoisotopic (exact) mass is 339 g/mol. The lowest BCUT2D eigenvalue weighted by atomic mass is 10.3. The van der Waals surface area contributed by atoms with Gasteiger partial charge >= 0.3 is 0 Å². The van der Waals surface area contributed by atoms with Crippen LogP contribution >= 0.6 is 27.7 Å². The maximum absolute atomic E-state index is 10.6. The summed E-state index contributed by atoms with van der Waals surface area (Å²) in [4.78, 5) is 11.3. The van der Waals surface area contributed by atoms with Crippen LogP contribution in [-0.4, -0.2) is 11.2 Å². The fourth-order valence-corrected chi connectivity index (χ4v) is 2.31. The first kappa shape index (κ1) is 13.9. The van der Waals surface area contributed by atoms with E-state index in [1.807, 2.05) is 30.5 Å². The maximum atomic E-state index is 10.6. The number of hydrogen-bond donors (Lipinski definition) is 0. The number of rotatable bonds is 4. The molecule has 0 aliphatic heterocycles. The number of benzene rings is 2. The van der Waals surface area contributed by atoms with Crippen molar-refractivity contribution in [1.82, 2.24) is 0 Å². The Kier molecular flexibility index (Phi) is 4.44. The molecule has 0 radical (unpaired) electrons. The van der Waals surface area contributed by atoms with Crippen molar-refractivity contribution in [2.24, 2.45) is 0 Å². The Morgan fingerprint density at radius 3 is 2.42 bits per heavy atom. The van der Waals surface area contributed by atoms with Crippen molar-refractivity contribution >= 4 is 33.4 Å². The Labute approximate surface area is 123 Å². The molecule has 4 nitrogen and oxygen atoms in total. The van der Waals surface area contributed by atoms with Crippen molar-refractivity contribution in [1.29, 1.82) is 0 Å². The number of halogens is 1.